The molecule has 0 radical (unpaired) electrons. The largest absolute Gasteiger partial charge is 0.326 e. The summed E-state index contributed by atoms with van der Waals surface area (Å²) in [6.07, 6.45) is 3.44. The molecule has 0 saturated carbocycles. The summed E-state index contributed by atoms with van der Waals surface area (Å²) in [4.78, 5) is 0. The Morgan fingerprint density at radius 3 is 3.00 bits per heavy atom. The van der Waals surface area contributed by atoms with Crippen molar-refractivity contribution < 1.29 is 0 Å². The molecule has 0 fully saturated rings. The van der Waals surface area contributed by atoms with Gasteiger partial charge in [-0.25, -0.2) is 0 Å². The summed E-state index contributed by atoms with van der Waals surface area (Å²) in [5.74, 6) is 0. The quantitative estimate of drug-likeness (QED) is 0.588. The highest BCUT2D eigenvalue weighted by molar-refractivity contribution is 4.65. The van der Waals surface area contributed by atoms with E-state index in [1.165, 1.54) is 0 Å². The van der Waals surface area contributed by atoms with E-state index in [1.807, 2.05) is 6.92 Å². The van der Waals surface area contributed by atoms with E-state index in [0.29, 0.717) is 0 Å². The van der Waals surface area contributed by atoms with Crippen molar-refractivity contribution in [2.45, 2.75) is 19.5 Å². The van der Waals surface area contributed by atoms with Gasteiger partial charge >= 0.3 is 0 Å². The Labute approximate surface area is 53.7 Å². The minimum atomic E-state index is 0.145. The molecule has 50 valence electrons. The number of aromatic nitrogens is 3. The molecule has 2 N–H and O–H groups in total. The van der Waals surface area contributed by atoms with E-state index in [4.69, 9.17) is 5.73 Å². The Balaban J connectivity index is 2.48. The van der Waals surface area contributed by atoms with Crippen molar-refractivity contribution in [1.82, 2.24) is 15.0 Å². The molecule has 0 amide bonds. The molecule has 1 rings (SSSR count). The SMILES string of the molecule is C[C@H](N)Cn1ccnn1. The average Bonchev–Trinajstić information content (AvgIpc) is 2.15. The summed E-state index contributed by atoms with van der Waals surface area (Å²) >= 11 is 0. The zero-order valence-corrected chi connectivity index (χ0v) is 5.36. The predicted molar refractivity (Wildman–Crippen MR) is 33.7 cm³/mol. The predicted octanol–water partition coefficient (Wildman–Crippen LogP) is -0.375. The second-order valence-corrected chi connectivity index (χ2v) is 2.10. The Kier molecular flexibility index (Phi) is 1.79. The van der Waals surface area contributed by atoms with Crippen LogP contribution in [0.15, 0.2) is 12.4 Å². The van der Waals surface area contributed by atoms with Crippen molar-refractivity contribution in [3.8, 4) is 0 Å². The van der Waals surface area contributed by atoms with Crippen LogP contribution < -0.4 is 5.73 Å². The first kappa shape index (κ1) is 6.22. The number of hydrogen-bond donors (Lipinski definition) is 1. The normalized spacial score (nSPS) is 13.6. The van der Waals surface area contributed by atoms with Crippen LogP contribution in [0.4, 0.5) is 0 Å². The molecular weight excluding hydrogens is 116 g/mol. The van der Waals surface area contributed by atoms with E-state index >= 15 is 0 Å². The van der Waals surface area contributed by atoms with Gasteiger partial charge in [0.2, 0.25) is 0 Å². The van der Waals surface area contributed by atoms with E-state index in [0.717, 1.165) is 6.54 Å². The highest BCUT2D eigenvalue weighted by atomic mass is 15.4. The van der Waals surface area contributed by atoms with Crippen LogP contribution in [0.1, 0.15) is 6.92 Å². The van der Waals surface area contributed by atoms with Crippen LogP contribution >= 0.6 is 0 Å². The molecule has 0 aromatic carbocycles. The van der Waals surface area contributed by atoms with E-state index < -0.39 is 0 Å². The Hall–Kier alpha value is -0.900. The highest BCUT2D eigenvalue weighted by Crippen LogP contribution is 1.83. The smallest absolute Gasteiger partial charge is 0.0692 e. The molecule has 0 bridgehead atoms. The number of nitrogens with two attached hydrogens (primary N) is 1. The van der Waals surface area contributed by atoms with E-state index in [2.05, 4.69) is 10.3 Å². The lowest BCUT2D eigenvalue weighted by atomic mass is 10.4. The van der Waals surface area contributed by atoms with Crippen molar-refractivity contribution in [2.75, 3.05) is 0 Å². The van der Waals surface area contributed by atoms with Gasteiger partial charge in [0, 0.05) is 12.2 Å². The molecule has 0 aliphatic rings. The second kappa shape index (κ2) is 2.59. The van der Waals surface area contributed by atoms with Crippen molar-refractivity contribution in [3.05, 3.63) is 12.4 Å². The van der Waals surface area contributed by atoms with Crippen LogP contribution in [0.5, 0.6) is 0 Å². The highest BCUT2D eigenvalue weighted by Gasteiger charge is 1.94. The molecule has 1 heterocycles. The molecule has 9 heavy (non-hydrogen) atoms. The Bertz CT molecular complexity index is 155. The van der Waals surface area contributed by atoms with Gasteiger partial charge in [-0.05, 0) is 6.92 Å². The molecule has 0 aliphatic heterocycles. The van der Waals surface area contributed by atoms with Crippen molar-refractivity contribution in [2.24, 2.45) is 5.73 Å². The zero-order chi connectivity index (χ0) is 6.69. The summed E-state index contributed by atoms with van der Waals surface area (Å²) in [5, 5.41) is 7.38. The average molecular weight is 126 g/mol. The topological polar surface area (TPSA) is 56.7 Å². The monoisotopic (exact) mass is 126 g/mol. The zero-order valence-electron chi connectivity index (χ0n) is 5.36. The third kappa shape index (κ3) is 1.81. The van der Waals surface area contributed by atoms with Gasteiger partial charge in [0.25, 0.3) is 0 Å². The van der Waals surface area contributed by atoms with Gasteiger partial charge in [0.1, 0.15) is 0 Å². The number of nitrogens with zero attached hydrogens (tertiary/aromatic N) is 3. The minimum absolute atomic E-state index is 0.145. The van der Waals surface area contributed by atoms with Crippen molar-refractivity contribution in [3.63, 3.8) is 0 Å². The second-order valence-electron chi connectivity index (χ2n) is 2.10. The van der Waals surface area contributed by atoms with E-state index in [9.17, 15) is 0 Å². The molecule has 4 nitrogen and oxygen atoms in total. The van der Waals surface area contributed by atoms with E-state index in [1.54, 1.807) is 17.1 Å². The third-order valence-corrected chi connectivity index (χ3v) is 0.947. The molecular formula is C5H10N4. The van der Waals surface area contributed by atoms with Crippen LogP contribution in [-0.2, 0) is 6.54 Å². The lowest BCUT2D eigenvalue weighted by molar-refractivity contribution is 0.523. The lowest BCUT2D eigenvalue weighted by Crippen LogP contribution is -2.22. The number of rotatable bonds is 2. The first-order valence-electron chi connectivity index (χ1n) is 2.88. The van der Waals surface area contributed by atoms with Gasteiger partial charge in [-0.2, -0.15) is 0 Å². The molecule has 1 aromatic heterocycles. The molecule has 1 atom stereocenters. The fourth-order valence-electron chi connectivity index (χ4n) is 0.625. The van der Waals surface area contributed by atoms with Crippen molar-refractivity contribution >= 4 is 0 Å². The summed E-state index contributed by atoms with van der Waals surface area (Å²) in [5.41, 5.74) is 5.50. The minimum Gasteiger partial charge on any atom is -0.326 e. The van der Waals surface area contributed by atoms with Gasteiger partial charge < -0.3 is 5.73 Å². The Morgan fingerprint density at radius 2 is 2.56 bits per heavy atom. The summed E-state index contributed by atoms with van der Waals surface area (Å²) in [7, 11) is 0. The first-order chi connectivity index (χ1) is 4.29. The van der Waals surface area contributed by atoms with Crippen molar-refractivity contribution in [1.29, 1.82) is 0 Å². The third-order valence-electron chi connectivity index (χ3n) is 0.947. The van der Waals surface area contributed by atoms with Crippen LogP contribution in [-0.4, -0.2) is 21.0 Å². The lowest BCUT2D eigenvalue weighted by Gasteiger charge is -2.01. The molecule has 1 aromatic rings. The van der Waals surface area contributed by atoms with Gasteiger partial charge in [0.05, 0.1) is 12.7 Å². The molecule has 0 spiro atoms. The van der Waals surface area contributed by atoms with Crippen LogP contribution in [0.2, 0.25) is 0 Å². The summed E-state index contributed by atoms with van der Waals surface area (Å²) < 4.78 is 1.71. The van der Waals surface area contributed by atoms with Gasteiger partial charge in [-0.1, -0.05) is 5.21 Å². The molecule has 0 aliphatic carbocycles. The fourth-order valence-corrected chi connectivity index (χ4v) is 0.625. The van der Waals surface area contributed by atoms with Crippen LogP contribution in [0.3, 0.4) is 0 Å². The molecule has 0 unspecified atom stereocenters. The number of hydrogen-bond acceptors (Lipinski definition) is 3. The van der Waals surface area contributed by atoms with Crippen LogP contribution in [0.25, 0.3) is 0 Å². The first-order valence-corrected chi connectivity index (χ1v) is 2.88. The standard InChI is InChI=1S/C5H10N4/c1-5(6)4-9-3-2-7-8-9/h2-3,5H,4,6H2,1H3/t5-/m0/s1. The molecule has 4 heteroatoms. The molecule has 0 saturated heterocycles. The maximum absolute atomic E-state index is 5.50. The van der Waals surface area contributed by atoms with Gasteiger partial charge in [-0.3, -0.25) is 4.68 Å². The summed E-state index contributed by atoms with van der Waals surface area (Å²) in [6, 6.07) is 0.145. The van der Waals surface area contributed by atoms with Gasteiger partial charge in [-0.15, -0.1) is 5.10 Å². The van der Waals surface area contributed by atoms with Crippen LogP contribution in [0, 0.1) is 0 Å². The Morgan fingerprint density at radius 1 is 1.78 bits per heavy atom. The maximum Gasteiger partial charge on any atom is 0.0692 e. The van der Waals surface area contributed by atoms with E-state index in [-0.39, 0.29) is 6.04 Å². The summed E-state index contributed by atoms with van der Waals surface area (Å²) in [6.45, 7) is 2.67. The van der Waals surface area contributed by atoms with Gasteiger partial charge in [0.15, 0.2) is 0 Å². The fraction of sp³-hybridized carbons (Fsp3) is 0.600. The maximum atomic E-state index is 5.50.